The lowest BCUT2D eigenvalue weighted by Crippen LogP contribution is -2.50. The van der Waals surface area contributed by atoms with E-state index < -0.39 is 18.1 Å². The second-order valence-corrected chi connectivity index (χ2v) is 5.35. The van der Waals surface area contributed by atoms with E-state index in [1.807, 2.05) is 20.1 Å². The molecule has 6 heteroatoms. The first-order valence-electron chi connectivity index (χ1n) is 6.15. The Kier molecular flexibility index (Phi) is 8.83. The maximum absolute atomic E-state index is 11.8. The predicted molar refractivity (Wildman–Crippen MR) is 74.4 cm³/mol. The van der Waals surface area contributed by atoms with Gasteiger partial charge in [0.15, 0.2) is 0 Å². The molecule has 0 unspecified atom stereocenters. The Morgan fingerprint density at radius 2 is 2.00 bits per heavy atom. The minimum Gasteiger partial charge on any atom is -0.464 e. The zero-order valence-electron chi connectivity index (χ0n) is 11.6. The molecule has 0 bridgehead atoms. The number of carbonyl (C=O) groups is 2. The van der Waals surface area contributed by atoms with Crippen LogP contribution in [0.2, 0.25) is 0 Å². The molecular formula is C12H24N2O3S. The lowest BCUT2D eigenvalue weighted by atomic mass is 10.0. The first kappa shape index (κ1) is 17.2. The molecule has 0 radical (unpaired) electrons. The highest BCUT2D eigenvalue weighted by Gasteiger charge is 2.25. The van der Waals surface area contributed by atoms with Crippen molar-refractivity contribution < 1.29 is 14.3 Å². The molecule has 2 atom stereocenters. The molecule has 0 aliphatic rings. The van der Waals surface area contributed by atoms with Crippen LogP contribution in [0.5, 0.6) is 0 Å². The summed E-state index contributed by atoms with van der Waals surface area (Å²) < 4.78 is 4.94. The van der Waals surface area contributed by atoms with Crippen molar-refractivity contribution >= 4 is 23.6 Å². The second-order valence-electron chi connectivity index (χ2n) is 4.36. The van der Waals surface area contributed by atoms with Crippen LogP contribution in [-0.4, -0.2) is 42.6 Å². The van der Waals surface area contributed by atoms with Crippen LogP contribution in [0.25, 0.3) is 0 Å². The maximum atomic E-state index is 11.8. The van der Waals surface area contributed by atoms with Gasteiger partial charge in [-0.3, -0.25) is 4.79 Å². The van der Waals surface area contributed by atoms with Crippen molar-refractivity contribution in [3.8, 4) is 0 Å². The fourth-order valence-corrected chi connectivity index (χ4v) is 1.77. The third-order valence-electron chi connectivity index (χ3n) is 2.52. The molecule has 0 aromatic carbocycles. The Hall–Kier alpha value is -0.750. The van der Waals surface area contributed by atoms with E-state index in [-0.39, 0.29) is 11.8 Å². The van der Waals surface area contributed by atoms with Crippen molar-refractivity contribution in [1.82, 2.24) is 5.32 Å². The number of amides is 1. The third kappa shape index (κ3) is 6.26. The maximum Gasteiger partial charge on any atom is 0.328 e. The number of thioether (sulfide) groups is 1. The van der Waals surface area contributed by atoms with Gasteiger partial charge in [0.05, 0.1) is 12.6 Å². The van der Waals surface area contributed by atoms with E-state index in [0.717, 1.165) is 5.75 Å². The number of hydrogen-bond donors (Lipinski definition) is 2. The lowest BCUT2D eigenvalue weighted by molar-refractivity contribution is -0.147. The van der Waals surface area contributed by atoms with Crippen molar-refractivity contribution in [3.05, 3.63) is 0 Å². The van der Waals surface area contributed by atoms with Gasteiger partial charge >= 0.3 is 5.97 Å². The van der Waals surface area contributed by atoms with E-state index in [9.17, 15) is 9.59 Å². The number of carbonyl (C=O) groups excluding carboxylic acids is 2. The molecule has 1 amide bonds. The number of nitrogens with two attached hydrogens (primary N) is 1. The van der Waals surface area contributed by atoms with Crippen LogP contribution >= 0.6 is 11.8 Å². The predicted octanol–water partition coefficient (Wildman–Crippen LogP) is 0.771. The molecule has 0 aromatic heterocycles. The lowest BCUT2D eigenvalue weighted by Gasteiger charge is -2.21. The summed E-state index contributed by atoms with van der Waals surface area (Å²) in [4.78, 5) is 23.5. The zero-order chi connectivity index (χ0) is 14.1. The summed E-state index contributed by atoms with van der Waals surface area (Å²) in [6, 6.07) is -1.20. The summed E-state index contributed by atoms with van der Waals surface area (Å²) in [6.07, 6.45) is 2.50. The van der Waals surface area contributed by atoms with Gasteiger partial charge in [-0.2, -0.15) is 11.8 Å². The molecule has 0 rings (SSSR count). The van der Waals surface area contributed by atoms with E-state index in [2.05, 4.69) is 5.32 Å². The summed E-state index contributed by atoms with van der Waals surface area (Å²) >= 11 is 1.62. The van der Waals surface area contributed by atoms with E-state index in [4.69, 9.17) is 10.5 Å². The number of ether oxygens (including phenoxy) is 1. The Balaban J connectivity index is 4.47. The minimum absolute atomic E-state index is 0.0356. The van der Waals surface area contributed by atoms with Gasteiger partial charge in [-0.15, -0.1) is 0 Å². The van der Waals surface area contributed by atoms with Crippen molar-refractivity contribution in [2.24, 2.45) is 11.7 Å². The highest BCUT2D eigenvalue weighted by Crippen LogP contribution is 2.05. The van der Waals surface area contributed by atoms with Crippen LogP contribution < -0.4 is 11.1 Å². The molecule has 0 aliphatic carbocycles. The van der Waals surface area contributed by atoms with Crippen LogP contribution in [0.1, 0.15) is 27.2 Å². The Morgan fingerprint density at radius 1 is 1.39 bits per heavy atom. The smallest absolute Gasteiger partial charge is 0.328 e. The van der Waals surface area contributed by atoms with Crippen molar-refractivity contribution in [3.63, 3.8) is 0 Å². The van der Waals surface area contributed by atoms with Gasteiger partial charge in [-0.05, 0) is 31.3 Å². The van der Waals surface area contributed by atoms with E-state index >= 15 is 0 Å². The van der Waals surface area contributed by atoms with Gasteiger partial charge < -0.3 is 15.8 Å². The molecule has 0 aromatic rings. The van der Waals surface area contributed by atoms with Crippen molar-refractivity contribution in [2.75, 3.05) is 18.6 Å². The standard InChI is InChI=1S/C12H24N2O3S/c1-5-17-12(16)9(6-7-18-4)14-11(15)10(13)8(2)3/h8-10H,5-7,13H2,1-4H3,(H,14,15)/t9-,10-/m0/s1. The molecule has 5 nitrogen and oxygen atoms in total. The summed E-state index contributed by atoms with van der Waals surface area (Å²) in [5.41, 5.74) is 5.74. The minimum atomic E-state index is -0.602. The topological polar surface area (TPSA) is 81.4 Å². The highest BCUT2D eigenvalue weighted by molar-refractivity contribution is 7.98. The average molecular weight is 276 g/mol. The van der Waals surface area contributed by atoms with Gasteiger partial charge in [0.25, 0.3) is 0 Å². The summed E-state index contributed by atoms with van der Waals surface area (Å²) in [6.45, 7) is 5.78. The van der Waals surface area contributed by atoms with Gasteiger partial charge in [0.2, 0.25) is 5.91 Å². The number of rotatable bonds is 8. The van der Waals surface area contributed by atoms with E-state index in [1.165, 1.54) is 0 Å². The zero-order valence-corrected chi connectivity index (χ0v) is 12.4. The fourth-order valence-electron chi connectivity index (χ4n) is 1.30. The van der Waals surface area contributed by atoms with Gasteiger partial charge in [-0.1, -0.05) is 13.8 Å². The van der Waals surface area contributed by atoms with Gasteiger partial charge in [0, 0.05) is 0 Å². The molecular weight excluding hydrogens is 252 g/mol. The largest absolute Gasteiger partial charge is 0.464 e. The summed E-state index contributed by atoms with van der Waals surface area (Å²) in [5, 5.41) is 2.67. The first-order chi connectivity index (χ1) is 8.43. The molecule has 3 N–H and O–H groups in total. The van der Waals surface area contributed by atoms with Crippen LogP contribution in [0.4, 0.5) is 0 Å². The Labute approximate surface area is 113 Å². The fraction of sp³-hybridized carbons (Fsp3) is 0.833. The molecule has 18 heavy (non-hydrogen) atoms. The molecule has 0 saturated carbocycles. The molecule has 0 heterocycles. The highest BCUT2D eigenvalue weighted by atomic mass is 32.2. The SMILES string of the molecule is CCOC(=O)[C@H](CCSC)NC(=O)[C@@H](N)C(C)C. The van der Waals surface area contributed by atoms with E-state index in [1.54, 1.807) is 18.7 Å². The number of esters is 1. The van der Waals surface area contributed by atoms with Crippen molar-refractivity contribution in [2.45, 2.75) is 39.3 Å². The first-order valence-corrected chi connectivity index (χ1v) is 7.54. The average Bonchev–Trinajstić information content (AvgIpc) is 2.33. The van der Waals surface area contributed by atoms with Crippen LogP contribution in [0.3, 0.4) is 0 Å². The molecule has 0 aliphatic heterocycles. The summed E-state index contributed by atoms with van der Waals surface area (Å²) in [7, 11) is 0. The van der Waals surface area contributed by atoms with Gasteiger partial charge in [-0.25, -0.2) is 4.79 Å². The quantitative estimate of drug-likeness (QED) is 0.640. The van der Waals surface area contributed by atoms with Crippen molar-refractivity contribution in [1.29, 1.82) is 0 Å². The van der Waals surface area contributed by atoms with E-state index in [0.29, 0.717) is 13.0 Å². The third-order valence-corrected chi connectivity index (χ3v) is 3.16. The van der Waals surface area contributed by atoms with Gasteiger partial charge in [0.1, 0.15) is 6.04 Å². The molecule has 0 fully saturated rings. The molecule has 0 saturated heterocycles. The normalized spacial score (nSPS) is 14.1. The number of hydrogen-bond acceptors (Lipinski definition) is 5. The van der Waals surface area contributed by atoms with Crippen LogP contribution in [0.15, 0.2) is 0 Å². The molecule has 0 spiro atoms. The monoisotopic (exact) mass is 276 g/mol. The summed E-state index contributed by atoms with van der Waals surface area (Å²) in [5.74, 6) is 0.120. The van der Waals surface area contributed by atoms with Crippen LogP contribution in [-0.2, 0) is 14.3 Å². The Morgan fingerprint density at radius 3 is 2.44 bits per heavy atom. The molecule has 106 valence electrons. The van der Waals surface area contributed by atoms with Crippen LogP contribution in [0, 0.1) is 5.92 Å². The number of nitrogens with one attached hydrogen (secondary N) is 1. The second kappa shape index (κ2) is 9.22. The Bertz CT molecular complexity index is 272.